The first-order valence-electron chi connectivity index (χ1n) is 11.1. The fraction of sp³-hybridized carbons (Fsp3) is 0.739. The van der Waals surface area contributed by atoms with E-state index in [-0.39, 0.29) is 11.8 Å². The van der Waals surface area contributed by atoms with Crippen LogP contribution in [0.5, 0.6) is 0 Å². The molecule has 152 valence electrons. The lowest BCUT2D eigenvalue weighted by atomic mass is 9.49. The van der Waals surface area contributed by atoms with Gasteiger partial charge in [0, 0.05) is 32.6 Å². The lowest BCUT2D eigenvalue weighted by Gasteiger charge is -2.57. The molecule has 0 unspecified atom stereocenters. The molecule has 2 heterocycles. The summed E-state index contributed by atoms with van der Waals surface area (Å²) < 4.78 is 5.02. The standard InChI is InChI=1S/C23H32N2O3/c1-24(15-23-11-16-8-17(12-23)10-18(9-16)13-23)21(26)19-2-5-25(6-3-19)22(27)20-4-7-28-14-20/h4,7,14,16-19H,2-3,5-6,8-13,15H2,1H3. The maximum Gasteiger partial charge on any atom is 0.257 e. The quantitative estimate of drug-likeness (QED) is 0.793. The Balaban J connectivity index is 1.17. The number of hydrogen-bond donors (Lipinski definition) is 0. The minimum absolute atomic E-state index is 0.0153. The summed E-state index contributed by atoms with van der Waals surface area (Å²) in [6, 6.07) is 1.71. The lowest BCUT2D eigenvalue weighted by molar-refractivity contribution is -0.140. The van der Waals surface area contributed by atoms with Crippen molar-refractivity contribution >= 4 is 11.8 Å². The van der Waals surface area contributed by atoms with E-state index in [2.05, 4.69) is 0 Å². The van der Waals surface area contributed by atoms with Gasteiger partial charge in [0.2, 0.25) is 5.91 Å². The van der Waals surface area contributed by atoms with Crippen LogP contribution in [-0.2, 0) is 4.79 Å². The molecule has 0 spiro atoms. The van der Waals surface area contributed by atoms with Crippen molar-refractivity contribution < 1.29 is 14.0 Å². The molecule has 28 heavy (non-hydrogen) atoms. The smallest absolute Gasteiger partial charge is 0.257 e. The maximum atomic E-state index is 13.1. The van der Waals surface area contributed by atoms with Gasteiger partial charge in [0.25, 0.3) is 5.91 Å². The van der Waals surface area contributed by atoms with Crippen LogP contribution in [0.4, 0.5) is 0 Å². The first kappa shape index (κ1) is 18.3. The third kappa shape index (κ3) is 3.27. The molecule has 5 heteroatoms. The molecule has 1 saturated heterocycles. The SMILES string of the molecule is CN(CC12CC3CC(CC(C3)C1)C2)C(=O)C1CCN(C(=O)c2ccoc2)CC1. The molecule has 1 aromatic rings. The van der Waals surface area contributed by atoms with Crippen LogP contribution < -0.4 is 0 Å². The summed E-state index contributed by atoms with van der Waals surface area (Å²) >= 11 is 0. The first-order valence-corrected chi connectivity index (χ1v) is 11.1. The molecular weight excluding hydrogens is 352 g/mol. The Kier molecular flexibility index (Phi) is 4.52. The van der Waals surface area contributed by atoms with Crippen LogP contribution >= 0.6 is 0 Å². The molecule has 6 rings (SSSR count). The Labute approximate surface area is 167 Å². The highest BCUT2D eigenvalue weighted by Crippen LogP contribution is 2.60. The molecule has 2 amide bonds. The van der Waals surface area contributed by atoms with Gasteiger partial charge >= 0.3 is 0 Å². The maximum absolute atomic E-state index is 13.1. The molecule has 4 saturated carbocycles. The summed E-state index contributed by atoms with van der Waals surface area (Å²) in [5.74, 6) is 3.14. The molecular formula is C23H32N2O3. The Morgan fingerprint density at radius 2 is 1.71 bits per heavy atom. The second-order valence-electron chi connectivity index (χ2n) is 10.2. The minimum atomic E-state index is 0.0153. The number of furan rings is 1. The van der Waals surface area contributed by atoms with Crippen molar-refractivity contribution in [3.05, 3.63) is 24.2 Å². The summed E-state index contributed by atoms with van der Waals surface area (Å²) in [7, 11) is 2.02. The van der Waals surface area contributed by atoms with Crippen molar-refractivity contribution in [2.75, 3.05) is 26.7 Å². The van der Waals surface area contributed by atoms with Gasteiger partial charge in [0.05, 0.1) is 11.8 Å². The van der Waals surface area contributed by atoms with Crippen molar-refractivity contribution in [2.24, 2.45) is 29.1 Å². The Morgan fingerprint density at radius 1 is 1.11 bits per heavy atom. The zero-order valence-corrected chi connectivity index (χ0v) is 16.9. The highest BCUT2D eigenvalue weighted by Gasteiger charge is 2.51. The van der Waals surface area contributed by atoms with Crippen LogP contribution in [0.1, 0.15) is 61.7 Å². The second-order valence-corrected chi connectivity index (χ2v) is 10.2. The molecule has 5 aliphatic rings. The van der Waals surface area contributed by atoms with E-state index in [4.69, 9.17) is 4.42 Å². The van der Waals surface area contributed by atoms with Crippen molar-refractivity contribution in [3.63, 3.8) is 0 Å². The topological polar surface area (TPSA) is 53.8 Å². The second kappa shape index (κ2) is 6.93. The Bertz CT molecular complexity index is 698. The lowest BCUT2D eigenvalue weighted by Crippen LogP contribution is -2.52. The predicted octanol–water partition coefficient (Wildman–Crippen LogP) is 3.81. The zero-order chi connectivity index (χ0) is 19.3. The average Bonchev–Trinajstić information content (AvgIpc) is 3.20. The average molecular weight is 385 g/mol. The normalized spacial score (nSPS) is 34.6. The van der Waals surface area contributed by atoms with E-state index in [0.29, 0.717) is 30.0 Å². The number of piperidine rings is 1. The Morgan fingerprint density at radius 3 is 2.25 bits per heavy atom. The molecule has 0 radical (unpaired) electrons. The molecule has 0 N–H and O–H groups in total. The highest BCUT2D eigenvalue weighted by atomic mass is 16.3. The number of nitrogens with zero attached hydrogens (tertiary/aromatic N) is 2. The minimum Gasteiger partial charge on any atom is -0.472 e. The van der Waals surface area contributed by atoms with Crippen LogP contribution in [-0.4, -0.2) is 48.3 Å². The van der Waals surface area contributed by atoms with Crippen LogP contribution in [0.15, 0.2) is 23.0 Å². The number of carbonyl (C=O) groups excluding carboxylic acids is 2. The summed E-state index contributed by atoms with van der Waals surface area (Å²) in [5, 5.41) is 0. The molecule has 1 aromatic heterocycles. The number of rotatable bonds is 4. The van der Waals surface area contributed by atoms with E-state index >= 15 is 0 Å². The van der Waals surface area contributed by atoms with Crippen molar-refractivity contribution in [1.82, 2.24) is 9.80 Å². The van der Waals surface area contributed by atoms with E-state index in [1.54, 1.807) is 6.07 Å². The van der Waals surface area contributed by atoms with Gasteiger partial charge < -0.3 is 14.2 Å². The van der Waals surface area contributed by atoms with Gasteiger partial charge in [0.1, 0.15) is 6.26 Å². The zero-order valence-electron chi connectivity index (χ0n) is 16.9. The fourth-order valence-electron chi connectivity index (χ4n) is 7.27. The largest absolute Gasteiger partial charge is 0.472 e. The Hall–Kier alpha value is -1.78. The molecule has 0 aromatic carbocycles. The van der Waals surface area contributed by atoms with Gasteiger partial charge in [-0.1, -0.05) is 0 Å². The third-order valence-corrected chi connectivity index (χ3v) is 8.01. The van der Waals surface area contributed by atoms with Gasteiger partial charge in [-0.05, 0) is 80.6 Å². The van der Waals surface area contributed by atoms with Crippen LogP contribution in [0.3, 0.4) is 0 Å². The first-order chi connectivity index (χ1) is 13.5. The summed E-state index contributed by atoms with van der Waals surface area (Å²) in [6.45, 7) is 2.26. The number of amides is 2. The van der Waals surface area contributed by atoms with Crippen LogP contribution in [0.2, 0.25) is 0 Å². The van der Waals surface area contributed by atoms with Crippen molar-refractivity contribution in [2.45, 2.75) is 51.4 Å². The van der Waals surface area contributed by atoms with Crippen molar-refractivity contribution in [1.29, 1.82) is 0 Å². The van der Waals surface area contributed by atoms with Gasteiger partial charge in [-0.2, -0.15) is 0 Å². The summed E-state index contributed by atoms with van der Waals surface area (Å²) in [5.41, 5.74) is 1.00. The molecule has 4 aliphatic carbocycles. The highest BCUT2D eigenvalue weighted by molar-refractivity contribution is 5.94. The van der Waals surface area contributed by atoms with Crippen LogP contribution in [0.25, 0.3) is 0 Å². The van der Waals surface area contributed by atoms with E-state index in [0.717, 1.165) is 37.1 Å². The predicted molar refractivity (Wildman–Crippen MR) is 106 cm³/mol. The third-order valence-electron chi connectivity index (χ3n) is 8.01. The van der Waals surface area contributed by atoms with Gasteiger partial charge in [-0.3, -0.25) is 9.59 Å². The number of likely N-dealkylation sites (tertiary alicyclic amines) is 1. The van der Waals surface area contributed by atoms with E-state index in [1.165, 1.54) is 51.1 Å². The van der Waals surface area contributed by atoms with E-state index in [1.807, 2.05) is 16.8 Å². The van der Waals surface area contributed by atoms with Gasteiger partial charge in [-0.25, -0.2) is 0 Å². The van der Waals surface area contributed by atoms with E-state index < -0.39 is 0 Å². The number of carbonyl (C=O) groups is 2. The van der Waals surface area contributed by atoms with Gasteiger partial charge in [-0.15, -0.1) is 0 Å². The van der Waals surface area contributed by atoms with Crippen molar-refractivity contribution in [3.8, 4) is 0 Å². The summed E-state index contributed by atoms with van der Waals surface area (Å²) in [4.78, 5) is 29.5. The fourth-order valence-corrected chi connectivity index (χ4v) is 7.27. The van der Waals surface area contributed by atoms with E-state index in [9.17, 15) is 9.59 Å². The molecule has 0 atom stereocenters. The molecule has 5 fully saturated rings. The molecule has 1 aliphatic heterocycles. The summed E-state index contributed by atoms with van der Waals surface area (Å²) in [6.07, 6.45) is 12.9. The number of hydrogen-bond acceptors (Lipinski definition) is 3. The monoisotopic (exact) mass is 384 g/mol. The van der Waals surface area contributed by atoms with Gasteiger partial charge in [0.15, 0.2) is 0 Å². The molecule has 4 bridgehead atoms. The van der Waals surface area contributed by atoms with Crippen LogP contribution in [0, 0.1) is 29.1 Å². The molecule has 5 nitrogen and oxygen atoms in total.